The quantitative estimate of drug-likeness (QED) is 0.520. The lowest BCUT2D eigenvalue weighted by Crippen LogP contribution is -2.40. The molecule has 0 aromatic heterocycles. The van der Waals surface area contributed by atoms with Crippen LogP contribution in [0.1, 0.15) is 42.1 Å². The minimum Gasteiger partial charge on any atom is -0.486 e. The van der Waals surface area contributed by atoms with Crippen molar-refractivity contribution in [1.29, 1.82) is 0 Å². The van der Waals surface area contributed by atoms with Crippen molar-refractivity contribution >= 4 is 45.9 Å². The molecule has 1 aromatic rings. The van der Waals surface area contributed by atoms with Gasteiger partial charge in [0, 0.05) is 30.1 Å². The molecule has 4 rings (SSSR count). The number of carbonyl (C=O) groups excluding carboxylic acids is 2. The van der Waals surface area contributed by atoms with Crippen LogP contribution in [-0.4, -0.2) is 52.8 Å². The van der Waals surface area contributed by atoms with Gasteiger partial charge in [0.25, 0.3) is 11.8 Å². The summed E-state index contributed by atoms with van der Waals surface area (Å²) in [7, 11) is 0. The van der Waals surface area contributed by atoms with Gasteiger partial charge in [0.05, 0.1) is 4.91 Å². The van der Waals surface area contributed by atoms with E-state index >= 15 is 0 Å². The second-order valence-electron chi connectivity index (χ2n) is 7.55. The Hall–Kier alpha value is -2.16. The van der Waals surface area contributed by atoms with E-state index in [-0.39, 0.29) is 17.9 Å². The molecule has 0 spiro atoms. The molecule has 3 heterocycles. The van der Waals surface area contributed by atoms with Gasteiger partial charge >= 0.3 is 0 Å². The SMILES string of the molecule is CCN1CCCC1CNC(=O)c1ccc(C2=CCC(/C=C3\SC(=S)NC3=O)O2)cc1. The van der Waals surface area contributed by atoms with Crippen molar-refractivity contribution in [2.45, 2.75) is 38.3 Å². The molecule has 3 aliphatic heterocycles. The highest BCUT2D eigenvalue weighted by molar-refractivity contribution is 8.26. The molecule has 0 radical (unpaired) electrons. The molecule has 2 unspecified atom stereocenters. The smallest absolute Gasteiger partial charge is 0.263 e. The molecule has 1 aromatic carbocycles. The summed E-state index contributed by atoms with van der Waals surface area (Å²) in [5, 5.41) is 5.67. The first-order valence-corrected chi connectivity index (χ1v) is 11.5. The van der Waals surface area contributed by atoms with Crippen molar-refractivity contribution in [2.24, 2.45) is 0 Å². The fraction of sp³-hybridized carbons (Fsp3) is 0.409. The molecule has 6 nitrogen and oxygen atoms in total. The average Bonchev–Trinajstić information content (AvgIpc) is 3.47. The number of nitrogens with one attached hydrogen (secondary N) is 2. The van der Waals surface area contributed by atoms with E-state index < -0.39 is 0 Å². The summed E-state index contributed by atoms with van der Waals surface area (Å²) in [6, 6.07) is 7.89. The summed E-state index contributed by atoms with van der Waals surface area (Å²) in [6.07, 6.45) is 6.66. The van der Waals surface area contributed by atoms with Gasteiger partial charge in [0.15, 0.2) is 0 Å². The Kier molecular flexibility index (Phi) is 6.55. The molecule has 30 heavy (non-hydrogen) atoms. The number of rotatable bonds is 6. The van der Waals surface area contributed by atoms with E-state index in [0.717, 1.165) is 30.8 Å². The number of likely N-dealkylation sites (tertiary alicyclic amines) is 1. The van der Waals surface area contributed by atoms with Crippen molar-refractivity contribution in [2.75, 3.05) is 19.6 Å². The molecule has 2 atom stereocenters. The van der Waals surface area contributed by atoms with Gasteiger partial charge in [-0.3, -0.25) is 14.5 Å². The van der Waals surface area contributed by atoms with E-state index in [1.807, 2.05) is 36.4 Å². The molecule has 3 aliphatic rings. The van der Waals surface area contributed by atoms with Crippen molar-refractivity contribution < 1.29 is 14.3 Å². The standard InChI is InChI=1S/C22H25N3O3S2/c1-2-25-11-3-4-16(25)13-23-20(26)15-7-5-14(6-8-15)18-10-9-17(28-18)12-19-21(27)24-22(29)30-19/h5-8,10,12,16-17H,2-4,9,11,13H2,1H3,(H,23,26)(H,24,27,29)/b19-12-. The van der Waals surface area contributed by atoms with Crippen LogP contribution in [0.3, 0.4) is 0 Å². The van der Waals surface area contributed by atoms with Crippen LogP contribution in [0.15, 0.2) is 41.3 Å². The van der Waals surface area contributed by atoms with Crippen LogP contribution in [-0.2, 0) is 9.53 Å². The van der Waals surface area contributed by atoms with Gasteiger partial charge in [-0.25, -0.2) is 0 Å². The molecule has 8 heteroatoms. The number of thioether (sulfide) groups is 1. The van der Waals surface area contributed by atoms with E-state index in [0.29, 0.717) is 33.8 Å². The molecule has 0 saturated carbocycles. The van der Waals surface area contributed by atoms with E-state index in [1.165, 1.54) is 18.2 Å². The Morgan fingerprint density at radius 3 is 2.90 bits per heavy atom. The third-order valence-electron chi connectivity index (χ3n) is 5.63. The normalized spacial score (nSPS) is 25.4. The maximum atomic E-state index is 12.5. The minimum atomic E-state index is -0.190. The second-order valence-corrected chi connectivity index (χ2v) is 9.27. The van der Waals surface area contributed by atoms with Gasteiger partial charge in [-0.2, -0.15) is 0 Å². The van der Waals surface area contributed by atoms with Gasteiger partial charge in [0.1, 0.15) is 16.2 Å². The molecular formula is C22H25N3O3S2. The Morgan fingerprint density at radius 1 is 1.40 bits per heavy atom. The number of amides is 2. The summed E-state index contributed by atoms with van der Waals surface area (Å²) in [5.41, 5.74) is 1.56. The molecule has 2 N–H and O–H groups in total. The lowest BCUT2D eigenvalue weighted by atomic mass is 10.1. The minimum absolute atomic E-state index is 0.0475. The van der Waals surface area contributed by atoms with Crippen LogP contribution in [0.5, 0.6) is 0 Å². The van der Waals surface area contributed by atoms with Gasteiger partial charge in [-0.05, 0) is 50.2 Å². The largest absolute Gasteiger partial charge is 0.486 e. The van der Waals surface area contributed by atoms with Gasteiger partial charge in [-0.1, -0.05) is 43.0 Å². The van der Waals surface area contributed by atoms with Crippen LogP contribution in [0.2, 0.25) is 0 Å². The summed E-state index contributed by atoms with van der Waals surface area (Å²) >= 11 is 6.27. The van der Waals surface area contributed by atoms with Gasteiger partial charge in [0.2, 0.25) is 0 Å². The molecule has 0 aliphatic carbocycles. The number of hydrogen-bond acceptors (Lipinski definition) is 6. The van der Waals surface area contributed by atoms with Crippen LogP contribution in [0, 0.1) is 0 Å². The Bertz CT molecular complexity index is 911. The summed E-state index contributed by atoms with van der Waals surface area (Å²) in [6.45, 7) is 5.00. The van der Waals surface area contributed by atoms with E-state index in [1.54, 1.807) is 0 Å². The first-order chi connectivity index (χ1) is 14.5. The third kappa shape index (κ3) is 4.77. The maximum Gasteiger partial charge on any atom is 0.263 e. The number of carbonyl (C=O) groups is 2. The average molecular weight is 444 g/mol. The van der Waals surface area contributed by atoms with Crippen molar-refractivity contribution in [1.82, 2.24) is 15.5 Å². The molecule has 2 fully saturated rings. The Morgan fingerprint density at radius 2 is 2.20 bits per heavy atom. The monoisotopic (exact) mass is 443 g/mol. The Balaban J connectivity index is 1.31. The summed E-state index contributed by atoms with van der Waals surface area (Å²) in [5.74, 6) is 0.546. The van der Waals surface area contributed by atoms with Crippen LogP contribution >= 0.6 is 24.0 Å². The lowest BCUT2D eigenvalue weighted by molar-refractivity contribution is -0.115. The third-order valence-corrected chi connectivity index (χ3v) is 6.81. The van der Waals surface area contributed by atoms with Gasteiger partial charge < -0.3 is 15.4 Å². The Labute approximate surface area is 186 Å². The number of ether oxygens (including phenoxy) is 1. The number of thiocarbonyl (C=S) groups is 1. The summed E-state index contributed by atoms with van der Waals surface area (Å²) in [4.78, 5) is 27.3. The summed E-state index contributed by atoms with van der Waals surface area (Å²) < 4.78 is 6.45. The highest BCUT2D eigenvalue weighted by atomic mass is 32.2. The molecule has 2 amide bonds. The van der Waals surface area contributed by atoms with Crippen LogP contribution < -0.4 is 10.6 Å². The molecule has 0 bridgehead atoms. The van der Waals surface area contributed by atoms with E-state index in [2.05, 4.69) is 22.5 Å². The van der Waals surface area contributed by atoms with Crippen molar-refractivity contribution in [3.63, 3.8) is 0 Å². The number of hydrogen-bond donors (Lipinski definition) is 2. The van der Waals surface area contributed by atoms with Crippen LogP contribution in [0.4, 0.5) is 0 Å². The molecule has 158 valence electrons. The number of likely N-dealkylation sites (N-methyl/N-ethyl adjacent to an activating group) is 1. The molecule has 2 saturated heterocycles. The fourth-order valence-corrected chi connectivity index (χ4v) is 5.09. The topological polar surface area (TPSA) is 70.7 Å². The lowest BCUT2D eigenvalue weighted by Gasteiger charge is -2.22. The fourth-order valence-electron chi connectivity index (χ4n) is 4.02. The van der Waals surface area contributed by atoms with Gasteiger partial charge in [-0.15, -0.1) is 0 Å². The molecular weight excluding hydrogens is 418 g/mol. The van der Waals surface area contributed by atoms with Crippen molar-refractivity contribution in [3.05, 3.63) is 52.4 Å². The van der Waals surface area contributed by atoms with Crippen molar-refractivity contribution in [3.8, 4) is 0 Å². The maximum absolute atomic E-state index is 12.5. The second kappa shape index (κ2) is 9.32. The zero-order chi connectivity index (χ0) is 21.1. The zero-order valence-electron chi connectivity index (χ0n) is 16.8. The highest BCUT2D eigenvalue weighted by Gasteiger charge is 2.26. The van der Waals surface area contributed by atoms with E-state index in [4.69, 9.17) is 17.0 Å². The first kappa shape index (κ1) is 21.1. The van der Waals surface area contributed by atoms with Crippen LogP contribution in [0.25, 0.3) is 5.76 Å². The predicted octanol–water partition coefficient (Wildman–Crippen LogP) is 3.06. The highest BCUT2D eigenvalue weighted by Crippen LogP contribution is 2.31. The van der Waals surface area contributed by atoms with E-state index in [9.17, 15) is 9.59 Å². The number of benzene rings is 1. The zero-order valence-corrected chi connectivity index (χ0v) is 18.5. The number of nitrogens with zero attached hydrogens (tertiary/aromatic N) is 1. The predicted molar refractivity (Wildman–Crippen MR) is 123 cm³/mol. The first-order valence-electron chi connectivity index (χ1n) is 10.3.